The number of rotatable bonds is 3. The molecule has 2 rings (SSSR count). The van der Waals surface area contributed by atoms with Crippen molar-refractivity contribution in [1.82, 2.24) is 5.32 Å². The smallest absolute Gasteiger partial charge is 0.259 e. The van der Waals surface area contributed by atoms with Crippen molar-refractivity contribution < 1.29 is 19.4 Å². The van der Waals surface area contributed by atoms with E-state index in [1.807, 2.05) is 0 Å². The van der Waals surface area contributed by atoms with E-state index in [9.17, 15) is 19.4 Å². The fourth-order valence-electron chi connectivity index (χ4n) is 1.86. The van der Waals surface area contributed by atoms with E-state index < -0.39 is 5.91 Å². The predicted octanol–water partition coefficient (Wildman–Crippen LogP) is 2.73. The van der Waals surface area contributed by atoms with Crippen molar-refractivity contribution in [2.45, 2.75) is 13.0 Å². The number of phenols is 2. The molecule has 0 spiro atoms. The van der Waals surface area contributed by atoms with Crippen molar-refractivity contribution in [2.24, 2.45) is 0 Å². The van der Waals surface area contributed by atoms with Gasteiger partial charge in [-0.05, 0) is 36.8 Å². The van der Waals surface area contributed by atoms with E-state index in [2.05, 4.69) is 5.32 Å². The molecule has 0 saturated carbocycles. The lowest BCUT2D eigenvalue weighted by atomic mass is 10.1. The maximum Gasteiger partial charge on any atom is 0.259 e. The highest BCUT2D eigenvalue weighted by Crippen LogP contribution is 2.26. The summed E-state index contributed by atoms with van der Waals surface area (Å²) in [5, 5.41) is 21.9. The molecule has 3 N–H and O–H groups in total. The standard InChI is InChI=1S/C15H14FNO3/c1-9(10-5-7-11(16)8-6-10)17-15(20)14-12(18)3-2-4-13(14)19/h2-9,18-19H,1H3,(H,17,20). The molecule has 5 heteroatoms. The topological polar surface area (TPSA) is 69.6 Å². The van der Waals surface area contributed by atoms with Crippen molar-refractivity contribution in [3.63, 3.8) is 0 Å². The number of carbonyl (C=O) groups is 1. The molecule has 1 amide bonds. The van der Waals surface area contributed by atoms with Gasteiger partial charge in [0.15, 0.2) is 0 Å². The SMILES string of the molecule is CC(NC(=O)c1c(O)cccc1O)c1ccc(F)cc1. The number of nitrogens with one attached hydrogen (secondary N) is 1. The van der Waals surface area contributed by atoms with E-state index in [1.165, 1.54) is 30.3 Å². The molecular formula is C15H14FNO3. The van der Waals surface area contributed by atoms with Crippen LogP contribution in [0.25, 0.3) is 0 Å². The summed E-state index contributed by atoms with van der Waals surface area (Å²) in [5.41, 5.74) is 0.538. The second kappa shape index (κ2) is 5.61. The zero-order chi connectivity index (χ0) is 14.7. The summed E-state index contributed by atoms with van der Waals surface area (Å²) in [6.07, 6.45) is 0. The molecule has 0 aliphatic carbocycles. The van der Waals surface area contributed by atoms with E-state index in [0.29, 0.717) is 0 Å². The molecule has 20 heavy (non-hydrogen) atoms. The van der Waals surface area contributed by atoms with Crippen molar-refractivity contribution >= 4 is 5.91 Å². The molecule has 0 radical (unpaired) electrons. The second-order valence-corrected chi connectivity index (χ2v) is 4.42. The van der Waals surface area contributed by atoms with E-state index >= 15 is 0 Å². The second-order valence-electron chi connectivity index (χ2n) is 4.42. The largest absolute Gasteiger partial charge is 0.507 e. The van der Waals surface area contributed by atoms with E-state index in [4.69, 9.17) is 0 Å². The predicted molar refractivity (Wildman–Crippen MR) is 72.1 cm³/mol. The van der Waals surface area contributed by atoms with E-state index in [1.54, 1.807) is 19.1 Å². The molecule has 0 aliphatic heterocycles. The summed E-state index contributed by atoms with van der Waals surface area (Å²) in [6, 6.07) is 9.40. The van der Waals surface area contributed by atoms with Crippen molar-refractivity contribution in [3.05, 3.63) is 59.4 Å². The zero-order valence-electron chi connectivity index (χ0n) is 10.8. The summed E-state index contributed by atoms with van der Waals surface area (Å²) < 4.78 is 12.8. The number of amides is 1. The maximum absolute atomic E-state index is 12.8. The van der Waals surface area contributed by atoms with Gasteiger partial charge in [-0.3, -0.25) is 4.79 Å². The van der Waals surface area contributed by atoms with Gasteiger partial charge in [-0.2, -0.15) is 0 Å². The Morgan fingerprint density at radius 1 is 1.10 bits per heavy atom. The van der Waals surface area contributed by atoms with Crippen molar-refractivity contribution in [2.75, 3.05) is 0 Å². The Balaban J connectivity index is 2.17. The van der Waals surface area contributed by atoms with Gasteiger partial charge >= 0.3 is 0 Å². The van der Waals surface area contributed by atoms with Crippen LogP contribution >= 0.6 is 0 Å². The average Bonchev–Trinajstić information content (AvgIpc) is 2.39. The van der Waals surface area contributed by atoms with Crippen LogP contribution in [0.1, 0.15) is 28.9 Å². The van der Waals surface area contributed by atoms with Gasteiger partial charge in [-0.1, -0.05) is 18.2 Å². The number of phenolic OH excluding ortho intramolecular Hbond substituents is 2. The number of hydrogen-bond acceptors (Lipinski definition) is 3. The van der Waals surface area contributed by atoms with Gasteiger partial charge in [0, 0.05) is 0 Å². The Morgan fingerprint density at radius 2 is 1.65 bits per heavy atom. The number of benzene rings is 2. The minimum atomic E-state index is -0.600. The zero-order valence-corrected chi connectivity index (χ0v) is 10.8. The van der Waals surface area contributed by atoms with Gasteiger partial charge in [0.05, 0.1) is 6.04 Å². The summed E-state index contributed by atoms with van der Waals surface area (Å²) in [7, 11) is 0. The summed E-state index contributed by atoms with van der Waals surface area (Å²) >= 11 is 0. The highest BCUT2D eigenvalue weighted by molar-refractivity contribution is 5.99. The van der Waals surface area contributed by atoms with Crippen LogP contribution in [0.15, 0.2) is 42.5 Å². The minimum absolute atomic E-state index is 0.179. The van der Waals surface area contributed by atoms with Crippen LogP contribution in [0, 0.1) is 5.82 Å². The van der Waals surface area contributed by atoms with E-state index in [-0.39, 0.29) is 28.9 Å². The van der Waals surface area contributed by atoms with Gasteiger partial charge in [-0.25, -0.2) is 4.39 Å². The monoisotopic (exact) mass is 275 g/mol. The highest BCUT2D eigenvalue weighted by Gasteiger charge is 2.18. The minimum Gasteiger partial charge on any atom is -0.507 e. The Labute approximate surface area is 115 Å². The summed E-state index contributed by atoms with van der Waals surface area (Å²) in [4.78, 5) is 12.0. The van der Waals surface area contributed by atoms with Gasteiger partial charge in [0.25, 0.3) is 5.91 Å². The lowest BCUT2D eigenvalue weighted by molar-refractivity contribution is 0.0934. The molecular weight excluding hydrogens is 261 g/mol. The Morgan fingerprint density at radius 3 is 2.20 bits per heavy atom. The maximum atomic E-state index is 12.8. The van der Waals surface area contributed by atoms with Crippen molar-refractivity contribution in [3.8, 4) is 11.5 Å². The molecule has 4 nitrogen and oxygen atoms in total. The van der Waals surface area contributed by atoms with Gasteiger partial charge in [-0.15, -0.1) is 0 Å². The molecule has 1 unspecified atom stereocenters. The van der Waals surface area contributed by atoms with Crippen LogP contribution in [0.4, 0.5) is 4.39 Å². The molecule has 1 atom stereocenters. The van der Waals surface area contributed by atoms with Crippen LogP contribution in [0.2, 0.25) is 0 Å². The normalized spacial score (nSPS) is 11.9. The third kappa shape index (κ3) is 2.88. The fraction of sp³-hybridized carbons (Fsp3) is 0.133. The summed E-state index contributed by atoms with van der Waals surface area (Å²) in [6.45, 7) is 1.72. The molecule has 0 saturated heterocycles. The molecule has 0 fully saturated rings. The Kier molecular flexibility index (Phi) is 3.89. The number of aromatic hydroxyl groups is 2. The first kappa shape index (κ1) is 13.9. The van der Waals surface area contributed by atoms with E-state index in [0.717, 1.165) is 5.56 Å². The lowest BCUT2D eigenvalue weighted by Crippen LogP contribution is -2.26. The lowest BCUT2D eigenvalue weighted by Gasteiger charge is -2.15. The first-order valence-electron chi connectivity index (χ1n) is 6.06. The third-order valence-electron chi connectivity index (χ3n) is 2.97. The van der Waals surface area contributed by atoms with Gasteiger partial charge in [0.1, 0.15) is 22.9 Å². The van der Waals surface area contributed by atoms with Gasteiger partial charge in [0.2, 0.25) is 0 Å². The molecule has 0 aromatic heterocycles. The van der Waals surface area contributed by atoms with Crippen LogP contribution < -0.4 is 5.32 Å². The Hall–Kier alpha value is -2.56. The number of halogens is 1. The molecule has 2 aromatic rings. The first-order valence-corrected chi connectivity index (χ1v) is 6.06. The highest BCUT2D eigenvalue weighted by atomic mass is 19.1. The number of hydrogen-bond donors (Lipinski definition) is 3. The quantitative estimate of drug-likeness (QED) is 0.806. The first-order chi connectivity index (χ1) is 9.49. The average molecular weight is 275 g/mol. The van der Waals surface area contributed by atoms with Crippen molar-refractivity contribution in [1.29, 1.82) is 0 Å². The van der Waals surface area contributed by atoms with Crippen LogP contribution in [-0.2, 0) is 0 Å². The molecule has 2 aromatic carbocycles. The van der Waals surface area contributed by atoms with Crippen LogP contribution in [0.3, 0.4) is 0 Å². The third-order valence-corrected chi connectivity index (χ3v) is 2.97. The van der Waals surface area contributed by atoms with Gasteiger partial charge < -0.3 is 15.5 Å². The molecule has 0 aliphatic rings. The Bertz CT molecular complexity index is 605. The fourth-order valence-corrected chi connectivity index (χ4v) is 1.86. The molecule has 104 valence electrons. The summed E-state index contributed by atoms with van der Waals surface area (Å²) in [5.74, 6) is -1.55. The molecule has 0 heterocycles. The molecule has 0 bridgehead atoms. The number of carbonyl (C=O) groups excluding carboxylic acids is 1. The van der Waals surface area contributed by atoms with Crippen LogP contribution in [-0.4, -0.2) is 16.1 Å². The van der Waals surface area contributed by atoms with Crippen LogP contribution in [0.5, 0.6) is 11.5 Å².